The Morgan fingerprint density at radius 1 is 1.69 bits per heavy atom. The molecule has 0 saturated carbocycles. The summed E-state index contributed by atoms with van der Waals surface area (Å²) in [6.45, 7) is 0. The van der Waals surface area contributed by atoms with Gasteiger partial charge >= 0.3 is 5.97 Å². The van der Waals surface area contributed by atoms with Crippen molar-refractivity contribution >= 4 is 35.4 Å². The molecule has 0 spiro atoms. The normalized spacial score (nSPS) is 21.7. The van der Waals surface area contributed by atoms with Crippen LogP contribution in [0.5, 0.6) is 0 Å². The molecule has 0 radical (unpaired) electrons. The molecule has 0 aliphatic carbocycles. The van der Waals surface area contributed by atoms with Gasteiger partial charge in [-0.05, 0) is 18.4 Å². The highest BCUT2D eigenvalue weighted by atomic mass is 32.2. The fraction of sp³-hybridized carbons (Fsp3) is 0.778. The molecule has 1 rings (SSSR count). The monoisotopic (exact) mass is 264 g/mol. The first-order valence-corrected chi connectivity index (χ1v) is 7.53. The average Bonchev–Trinajstić information content (AvgIpc) is 2.76. The lowest BCUT2D eigenvalue weighted by Crippen LogP contribution is -2.49. The molecule has 1 fully saturated rings. The standard InChI is InChI=1S/C9H16N2O3S2/c1-15-3-2-6(9(13)14)11-8(12)7-4-16-5-10-7/h6-7,10H,2-5H2,1H3,(H,11,12)(H,13,14). The first-order valence-electron chi connectivity index (χ1n) is 4.98. The number of carboxylic acids is 1. The first-order chi connectivity index (χ1) is 7.65. The van der Waals surface area contributed by atoms with Gasteiger partial charge in [0.1, 0.15) is 6.04 Å². The zero-order valence-electron chi connectivity index (χ0n) is 9.06. The molecule has 7 heteroatoms. The molecule has 5 nitrogen and oxygen atoms in total. The van der Waals surface area contributed by atoms with Crippen molar-refractivity contribution in [1.29, 1.82) is 0 Å². The van der Waals surface area contributed by atoms with Crippen LogP contribution < -0.4 is 10.6 Å². The van der Waals surface area contributed by atoms with Crippen LogP contribution >= 0.6 is 23.5 Å². The van der Waals surface area contributed by atoms with Gasteiger partial charge in [-0.25, -0.2) is 4.79 Å². The number of carbonyl (C=O) groups excluding carboxylic acids is 1. The van der Waals surface area contributed by atoms with Crippen molar-refractivity contribution in [3.05, 3.63) is 0 Å². The highest BCUT2D eigenvalue weighted by Gasteiger charge is 2.26. The molecule has 0 aromatic heterocycles. The molecule has 1 saturated heterocycles. The van der Waals surface area contributed by atoms with E-state index >= 15 is 0 Å². The first kappa shape index (κ1) is 13.7. The molecule has 0 bridgehead atoms. The summed E-state index contributed by atoms with van der Waals surface area (Å²) in [5.74, 6) is 1.01. The number of rotatable bonds is 6. The van der Waals surface area contributed by atoms with E-state index < -0.39 is 12.0 Å². The number of thioether (sulfide) groups is 2. The van der Waals surface area contributed by atoms with E-state index in [0.717, 1.165) is 11.6 Å². The lowest BCUT2D eigenvalue weighted by molar-refractivity contribution is -0.142. The van der Waals surface area contributed by atoms with Gasteiger partial charge in [-0.3, -0.25) is 10.1 Å². The zero-order chi connectivity index (χ0) is 12.0. The van der Waals surface area contributed by atoms with Gasteiger partial charge in [-0.15, -0.1) is 11.8 Å². The van der Waals surface area contributed by atoms with E-state index in [9.17, 15) is 9.59 Å². The van der Waals surface area contributed by atoms with Crippen LogP contribution in [0.15, 0.2) is 0 Å². The van der Waals surface area contributed by atoms with Crippen molar-refractivity contribution in [3.8, 4) is 0 Å². The Kier molecular flexibility index (Phi) is 6.00. The third-order valence-electron chi connectivity index (χ3n) is 2.26. The third-order valence-corrected chi connectivity index (χ3v) is 3.84. The largest absolute Gasteiger partial charge is 0.480 e. The topological polar surface area (TPSA) is 78.4 Å². The Morgan fingerprint density at radius 3 is 2.94 bits per heavy atom. The summed E-state index contributed by atoms with van der Waals surface area (Å²) in [5, 5.41) is 14.5. The van der Waals surface area contributed by atoms with Gasteiger partial charge in [-0.2, -0.15) is 11.8 Å². The Bertz CT molecular complexity index is 257. The van der Waals surface area contributed by atoms with Crippen molar-refractivity contribution in [3.63, 3.8) is 0 Å². The molecule has 2 unspecified atom stereocenters. The van der Waals surface area contributed by atoms with Crippen LogP contribution in [0.3, 0.4) is 0 Å². The predicted octanol–water partition coefficient (Wildman–Crippen LogP) is -0.0286. The predicted molar refractivity (Wildman–Crippen MR) is 66.8 cm³/mol. The highest BCUT2D eigenvalue weighted by molar-refractivity contribution is 7.99. The summed E-state index contributed by atoms with van der Waals surface area (Å²) >= 11 is 3.21. The van der Waals surface area contributed by atoms with Gasteiger partial charge in [0.25, 0.3) is 0 Å². The number of carboxylic acid groups (broad SMARTS) is 1. The fourth-order valence-electron chi connectivity index (χ4n) is 1.33. The summed E-state index contributed by atoms with van der Waals surface area (Å²) in [6.07, 6.45) is 2.37. The second-order valence-electron chi connectivity index (χ2n) is 3.45. The molecular weight excluding hydrogens is 248 g/mol. The Morgan fingerprint density at radius 2 is 2.44 bits per heavy atom. The van der Waals surface area contributed by atoms with Gasteiger partial charge in [-0.1, -0.05) is 0 Å². The van der Waals surface area contributed by atoms with Crippen LogP contribution in [0.25, 0.3) is 0 Å². The second-order valence-corrected chi connectivity index (χ2v) is 5.47. The SMILES string of the molecule is CSCCC(NC(=O)C1CSCN1)C(=O)O. The van der Waals surface area contributed by atoms with Crippen LogP contribution in [0.2, 0.25) is 0 Å². The molecule has 1 heterocycles. The Labute approximate surface area is 103 Å². The molecule has 1 aliphatic heterocycles. The van der Waals surface area contributed by atoms with E-state index in [1.807, 2.05) is 6.26 Å². The number of amides is 1. The van der Waals surface area contributed by atoms with Gasteiger partial charge < -0.3 is 10.4 Å². The average molecular weight is 264 g/mol. The molecule has 3 N–H and O–H groups in total. The summed E-state index contributed by atoms with van der Waals surface area (Å²) < 4.78 is 0. The molecule has 0 aromatic carbocycles. The number of hydrogen-bond donors (Lipinski definition) is 3. The molecule has 0 aromatic rings. The quantitative estimate of drug-likeness (QED) is 0.625. The van der Waals surface area contributed by atoms with Crippen LogP contribution in [-0.4, -0.2) is 52.7 Å². The van der Waals surface area contributed by atoms with E-state index in [1.165, 1.54) is 0 Å². The van der Waals surface area contributed by atoms with E-state index in [4.69, 9.17) is 5.11 Å². The summed E-state index contributed by atoms with van der Waals surface area (Å²) in [6, 6.07) is -1.02. The molecule has 1 aliphatic rings. The van der Waals surface area contributed by atoms with Crippen LogP contribution in [-0.2, 0) is 9.59 Å². The van der Waals surface area contributed by atoms with Crippen molar-refractivity contribution in [2.75, 3.05) is 23.6 Å². The Hall–Kier alpha value is -0.400. The minimum Gasteiger partial charge on any atom is -0.480 e. The third kappa shape index (κ3) is 4.23. The minimum atomic E-state index is -0.965. The van der Waals surface area contributed by atoms with Gasteiger partial charge in [0.05, 0.1) is 6.04 Å². The van der Waals surface area contributed by atoms with Crippen LogP contribution in [0, 0.1) is 0 Å². The van der Waals surface area contributed by atoms with Crippen molar-refractivity contribution in [2.45, 2.75) is 18.5 Å². The summed E-state index contributed by atoms with van der Waals surface area (Å²) in [7, 11) is 0. The smallest absolute Gasteiger partial charge is 0.326 e. The van der Waals surface area contributed by atoms with Crippen molar-refractivity contribution in [2.24, 2.45) is 0 Å². The molecule has 2 atom stereocenters. The maximum absolute atomic E-state index is 11.7. The fourth-order valence-corrected chi connectivity index (χ4v) is 2.74. The zero-order valence-corrected chi connectivity index (χ0v) is 10.7. The lowest BCUT2D eigenvalue weighted by atomic mass is 10.2. The molecule has 1 amide bonds. The summed E-state index contributed by atoms with van der Waals surface area (Å²) in [5.41, 5.74) is 0. The number of aliphatic carboxylic acids is 1. The van der Waals surface area contributed by atoms with Crippen molar-refractivity contribution in [1.82, 2.24) is 10.6 Å². The van der Waals surface area contributed by atoms with Crippen LogP contribution in [0.1, 0.15) is 6.42 Å². The molecule has 16 heavy (non-hydrogen) atoms. The maximum atomic E-state index is 11.7. The number of carbonyl (C=O) groups is 2. The minimum absolute atomic E-state index is 0.210. The highest BCUT2D eigenvalue weighted by Crippen LogP contribution is 2.10. The second kappa shape index (κ2) is 7.03. The number of nitrogens with one attached hydrogen (secondary N) is 2. The van der Waals surface area contributed by atoms with E-state index in [0.29, 0.717) is 12.2 Å². The summed E-state index contributed by atoms with van der Waals surface area (Å²) in [4.78, 5) is 22.6. The lowest BCUT2D eigenvalue weighted by Gasteiger charge is -2.16. The van der Waals surface area contributed by atoms with Gasteiger partial charge in [0, 0.05) is 11.6 Å². The van der Waals surface area contributed by atoms with Crippen molar-refractivity contribution < 1.29 is 14.7 Å². The Balaban J connectivity index is 2.40. The van der Waals surface area contributed by atoms with Gasteiger partial charge in [0.15, 0.2) is 0 Å². The van der Waals surface area contributed by atoms with Crippen LogP contribution in [0.4, 0.5) is 0 Å². The van der Waals surface area contributed by atoms with E-state index in [1.54, 1.807) is 23.5 Å². The van der Waals surface area contributed by atoms with Gasteiger partial charge in [0.2, 0.25) is 5.91 Å². The van der Waals surface area contributed by atoms with E-state index in [-0.39, 0.29) is 11.9 Å². The maximum Gasteiger partial charge on any atom is 0.326 e. The molecular formula is C9H16N2O3S2. The van der Waals surface area contributed by atoms with E-state index in [2.05, 4.69) is 10.6 Å². The molecule has 92 valence electrons. The number of hydrogen-bond acceptors (Lipinski definition) is 5.